The summed E-state index contributed by atoms with van der Waals surface area (Å²) in [4.78, 5) is 30.7. The summed E-state index contributed by atoms with van der Waals surface area (Å²) in [5.74, 6) is -1.72. The van der Waals surface area contributed by atoms with Crippen LogP contribution < -0.4 is 10.2 Å². The van der Waals surface area contributed by atoms with E-state index in [9.17, 15) is 18.0 Å². The maximum absolute atomic E-state index is 12.3. The molecule has 236 valence electrons. The van der Waals surface area contributed by atoms with Crippen molar-refractivity contribution in [2.75, 3.05) is 43.1 Å². The van der Waals surface area contributed by atoms with E-state index in [2.05, 4.69) is 38.3 Å². The average Bonchev–Trinajstić information content (AvgIpc) is 3.02. The Labute approximate surface area is 258 Å². The number of hydrogen-bond donors (Lipinski definition) is 2. The second-order valence-corrected chi connectivity index (χ2v) is 10.9. The number of anilines is 2. The summed E-state index contributed by atoms with van der Waals surface area (Å²) in [7, 11) is 0. The van der Waals surface area contributed by atoms with Crippen molar-refractivity contribution in [3.8, 4) is 0 Å². The number of carbonyl (C=O) groups excluding carboxylic acids is 1. The molecule has 0 bridgehead atoms. The van der Waals surface area contributed by atoms with E-state index >= 15 is 0 Å². The number of aliphatic carboxylic acids is 1. The molecular formula is C31H34ClF3N4O5. The van der Waals surface area contributed by atoms with Gasteiger partial charge in [0, 0.05) is 48.6 Å². The first kappa shape index (κ1) is 33.0. The molecule has 3 aromatic rings. The molecule has 5 rings (SSSR count). The number of ether oxygens (including phenoxy) is 2. The Bertz CT molecular complexity index is 1330. The zero-order valence-corrected chi connectivity index (χ0v) is 24.6. The van der Waals surface area contributed by atoms with Gasteiger partial charge in [-0.05, 0) is 61.2 Å². The maximum atomic E-state index is 12.3. The Kier molecular flexibility index (Phi) is 11.8. The first-order chi connectivity index (χ1) is 21.1. The molecule has 0 unspecified atom stereocenters. The highest BCUT2D eigenvalue weighted by molar-refractivity contribution is 6.30. The number of hydrogen-bond acceptors (Lipinski definition) is 7. The van der Waals surface area contributed by atoms with E-state index in [1.165, 1.54) is 5.56 Å². The Morgan fingerprint density at radius 2 is 1.68 bits per heavy atom. The van der Waals surface area contributed by atoms with Gasteiger partial charge < -0.3 is 19.5 Å². The lowest BCUT2D eigenvalue weighted by molar-refractivity contribution is -0.192. The normalized spacial score (nSPS) is 19.4. The lowest BCUT2D eigenvalue weighted by atomic mass is 9.96. The number of pyridine rings is 1. The third-order valence-corrected chi connectivity index (χ3v) is 7.61. The van der Waals surface area contributed by atoms with Crippen LogP contribution in [0, 0.1) is 0 Å². The van der Waals surface area contributed by atoms with Crippen molar-refractivity contribution < 1.29 is 37.3 Å². The summed E-state index contributed by atoms with van der Waals surface area (Å²) in [6.45, 7) is 3.47. The molecule has 2 fully saturated rings. The lowest BCUT2D eigenvalue weighted by Gasteiger charge is -2.46. The van der Waals surface area contributed by atoms with Crippen molar-refractivity contribution >= 4 is 35.2 Å². The highest BCUT2D eigenvalue weighted by Gasteiger charge is 2.38. The standard InChI is InChI=1S/C29H33ClN4O3.C2HF3O2/c30-23-11-9-22(10-12-23)18-26-20-36-27(21-37-29(35)32-24-6-2-1-3-7-24)19-34(26)25-13-16-33(17-14-25)28-8-4-5-15-31-28;3-2(4,5)1(6)7/h1-12,15,25-27H,13-14,16-21H2,(H,32,35);(H,6,7)/t26-,27+;/m0./s1. The van der Waals surface area contributed by atoms with Gasteiger partial charge in [0.1, 0.15) is 18.5 Å². The first-order valence-corrected chi connectivity index (χ1v) is 14.5. The molecule has 2 saturated heterocycles. The molecule has 2 aliphatic heterocycles. The number of alkyl halides is 3. The molecule has 13 heteroatoms. The zero-order chi connectivity index (χ0) is 31.5. The van der Waals surface area contributed by atoms with Gasteiger partial charge in [0.25, 0.3) is 0 Å². The molecule has 44 heavy (non-hydrogen) atoms. The van der Waals surface area contributed by atoms with Gasteiger partial charge in [0.05, 0.1) is 6.61 Å². The van der Waals surface area contributed by atoms with Crippen molar-refractivity contribution in [1.29, 1.82) is 0 Å². The summed E-state index contributed by atoms with van der Waals surface area (Å²) in [5, 5.41) is 10.6. The number of morpholine rings is 1. The van der Waals surface area contributed by atoms with E-state index in [-0.39, 0.29) is 18.8 Å². The van der Waals surface area contributed by atoms with E-state index in [4.69, 9.17) is 31.0 Å². The van der Waals surface area contributed by atoms with Crippen molar-refractivity contribution in [2.24, 2.45) is 0 Å². The van der Waals surface area contributed by atoms with Gasteiger partial charge in [0.15, 0.2) is 0 Å². The Balaban J connectivity index is 0.000000566. The number of nitrogens with zero attached hydrogens (tertiary/aromatic N) is 3. The number of benzene rings is 2. The largest absolute Gasteiger partial charge is 0.490 e. The van der Waals surface area contributed by atoms with Gasteiger partial charge in [-0.1, -0.05) is 48.0 Å². The number of para-hydroxylation sites is 1. The molecular weight excluding hydrogens is 601 g/mol. The summed E-state index contributed by atoms with van der Waals surface area (Å²) in [5.41, 5.74) is 1.95. The van der Waals surface area contributed by atoms with E-state index in [0.29, 0.717) is 18.3 Å². The second-order valence-electron chi connectivity index (χ2n) is 10.4. The fraction of sp³-hybridized carbons (Fsp3) is 0.387. The fourth-order valence-corrected chi connectivity index (χ4v) is 5.33. The molecule has 0 aliphatic carbocycles. The van der Waals surface area contributed by atoms with Crippen molar-refractivity contribution in [1.82, 2.24) is 9.88 Å². The highest BCUT2D eigenvalue weighted by Crippen LogP contribution is 2.27. The van der Waals surface area contributed by atoms with Crippen molar-refractivity contribution in [2.45, 2.75) is 43.6 Å². The third-order valence-electron chi connectivity index (χ3n) is 7.36. The summed E-state index contributed by atoms with van der Waals surface area (Å²) >= 11 is 6.11. The summed E-state index contributed by atoms with van der Waals surface area (Å²) in [6, 6.07) is 24.1. The molecule has 2 aromatic carbocycles. The molecule has 0 saturated carbocycles. The first-order valence-electron chi connectivity index (χ1n) is 14.1. The van der Waals surface area contributed by atoms with Gasteiger partial charge in [-0.15, -0.1) is 0 Å². The number of carbonyl (C=O) groups is 2. The van der Waals surface area contributed by atoms with Crippen LogP contribution >= 0.6 is 11.6 Å². The highest BCUT2D eigenvalue weighted by atomic mass is 35.5. The smallest absolute Gasteiger partial charge is 0.475 e. The van der Waals surface area contributed by atoms with Gasteiger partial charge in [0.2, 0.25) is 0 Å². The molecule has 0 radical (unpaired) electrons. The second kappa shape index (κ2) is 15.7. The van der Waals surface area contributed by atoms with Crippen LogP contribution in [0.25, 0.3) is 0 Å². The van der Waals surface area contributed by atoms with Crippen LogP contribution in [0.4, 0.5) is 29.5 Å². The van der Waals surface area contributed by atoms with E-state index in [1.54, 1.807) is 0 Å². The monoisotopic (exact) mass is 634 g/mol. The minimum Gasteiger partial charge on any atom is -0.475 e. The minimum atomic E-state index is -5.08. The van der Waals surface area contributed by atoms with E-state index in [0.717, 1.165) is 49.7 Å². The predicted molar refractivity (Wildman–Crippen MR) is 160 cm³/mol. The lowest BCUT2D eigenvalue weighted by Crippen LogP contribution is -2.58. The summed E-state index contributed by atoms with van der Waals surface area (Å²) in [6.07, 6.45) is -0.875. The van der Waals surface area contributed by atoms with Gasteiger partial charge in [-0.25, -0.2) is 14.6 Å². The maximum Gasteiger partial charge on any atom is 0.490 e. The van der Waals surface area contributed by atoms with Gasteiger partial charge in [-0.2, -0.15) is 13.2 Å². The van der Waals surface area contributed by atoms with Crippen LogP contribution in [0.1, 0.15) is 18.4 Å². The number of carboxylic acid groups (broad SMARTS) is 1. The molecule has 0 spiro atoms. The van der Waals surface area contributed by atoms with Crippen LogP contribution in [-0.4, -0.2) is 84.3 Å². The molecule has 1 aromatic heterocycles. The average molecular weight is 635 g/mol. The third kappa shape index (κ3) is 10.1. The molecule has 9 nitrogen and oxygen atoms in total. The summed E-state index contributed by atoms with van der Waals surface area (Å²) < 4.78 is 43.5. The Morgan fingerprint density at radius 1 is 1.02 bits per heavy atom. The van der Waals surface area contributed by atoms with Crippen LogP contribution in [0.15, 0.2) is 79.0 Å². The quantitative estimate of drug-likeness (QED) is 0.331. The minimum absolute atomic E-state index is 0.170. The molecule has 3 heterocycles. The zero-order valence-electron chi connectivity index (χ0n) is 23.8. The van der Waals surface area contributed by atoms with Crippen molar-refractivity contribution in [3.05, 3.63) is 89.6 Å². The van der Waals surface area contributed by atoms with Crippen LogP contribution in [0.5, 0.6) is 0 Å². The number of carboxylic acids is 1. The van der Waals surface area contributed by atoms with Gasteiger partial charge >= 0.3 is 18.2 Å². The van der Waals surface area contributed by atoms with E-state index in [1.807, 2.05) is 60.8 Å². The SMILES string of the molecule is O=C(Nc1ccccc1)OC[C@H]1CN(C2CCN(c3ccccn3)CC2)[C@@H](Cc2ccc(Cl)cc2)CO1.O=C(O)C(F)(F)F. The molecule has 2 N–H and O–H groups in total. The number of piperidine rings is 1. The van der Waals surface area contributed by atoms with Crippen LogP contribution in [0.2, 0.25) is 5.02 Å². The molecule has 2 aliphatic rings. The Morgan fingerprint density at radius 3 is 2.30 bits per heavy atom. The molecule has 2 atom stereocenters. The number of halogens is 4. The molecule has 1 amide bonds. The predicted octanol–water partition coefficient (Wildman–Crippen LogP) is 5.90. The number of aromatic nitrogens is 1. The number of amides is 1. The van der Waals surface area contributed by atoms with Crippen molar-refractivity contribution in [3.63, 3.8) is 0 Å². The Hall–Kier alpha value is -3.87. The fourth-order valence-electron chi connectivity index (χ4n) is 5.21. The topological polar surface area (TPSA) is 104 Å². The number of nitrogens with one attached hydrogen (secondary N) is 1. The van der Waals surface area contributed by atoms with Crippen LogP contribution in [-0.2, 0) is 20.7 Å². The van der Waals surface area contributed by atoms with E-state index < -0.39 is 18.2 Å². The number of rotatable bonds is 7. The van der Waals surface area contributed by atoms with Gasteiger partial charge in [-0.3, -0.25) is 10.2 Å². The van der Waals surface area contributed by atoms with Crippen LogP contribution in [0.3, 0.4) is 0 Å².